The number of amides is 1. The molecule has 0 spiro atoms. The maximum Gasteiger partial charge on any atom is 0.235 e. The Morgan fingerprint density at radius 1 is 1.15 bits per heavy atom. The molecule has 1 aromatic carbocycles. The van der Waals surface area contributed by atoms with Crippen LogP contribution < -0.4 is 11.1 Å². The van der Waals surface area contributed by atoms with E-state index < -0.39 is 64.4 Å². The summed E-state index contributed by atoms with van der Waals surface area (Å²) in [4.78, 5) is 68.2. The first-order valence-corrected chi connectivity index (χ1v) is 13.6. The van der Waals surface area contributed by atoms with Crippen molar-refractivity contribution in [3.8, 4) is 17.1 Å². The number of nitrogens with zero attached hydrogens (tertiary/aromatic N) is 1. The number of phenolic OH excluding ortho intramolecular Hbond substituents is 1. The van der Waals surface area contributed by atoms with Crippen LogP contribution in [0.4, 0.5) is 0 Å². The molecule has 5 N–H and O–H groups in total. The Morgan fingerprint density at radius 2 is 1.83 bits per heavy atom. The number of hydrogen-bond donors (Lipinski definition) is 4. The minimum absolute atomic E-state index is 0.0183. The first-order valence-electron chi connectivity index (χ1n) is 13.6. The third-order valence-electron chi connectivity index (χ3n) is 8.75. The van der Waals surface area contributed by atoms with Crippen molar-refractivity contribution in [2.75, 3.05) is 14.1 Å². The normalized spacial score (nSPS) is 29.8. The van der Waals surface area contributed by atoms with Crippen LogP contribution in [-0.2, 0) is 32.1 Å². The zero-order valence-corrected chi connectivity index (χ0v) is 23.7. The van der Waals surface area contributed by atoms with Crippen molar-refractivity contribution in [1.29, 1.82) is 0 Å². The minimum Gasteiger partial charge on any atom is -0.507 e. The number of Topliss-reactive ketones (excluding diaryl/α,β-unsaturated/α-hetero) is 4. The fourth-order valence-corrected chi connectivity index (χ4v) is 6.89. The zero-order valence-electron chi connectivity index (χ0n) is 23.7. The molecule has 11 heteroatoms. The van der Waals surface area contributed by atoms with E-state index in [-0.39, 0.29) is 29.7 Å². The van der Waals surface area contributed by atoms with E-state index in [1.165, 1.54) is 11.0 Å². The molecule has 5 rings (SSSR count). The van der Waals surface area contributed by atoms with E-state index in [4.69, 9.17) is 10.2 Å². The number of phenols is 1. The lowest BCUT2D eigenvalue weighted by Gasteiger charge is -2.52. The molecule has 0 radical (unpaired) electrons. The highest BCUT2D eigenvalue weighted by Crippen LogP contribution is 2.52. The van der Waals surface area contributed by atoms with Crippen LogP contribution >= 0.6 is 0 Å². The number of furan rings is 1. The fraction of sp³-hybridized carbons (Fsp3) is 0.500. The van der Waals surface area contributed by atoms with E-state index in [9.17, 15) is 34.2 Å². The van der Waals surface area contributed by atoms with Crippen LogP contribution in [0.25, 0.3) is 11.3 Å². The van der Waals surface area contributed by atoms with Crippen LogP contribution in [0.15, 0.2) is 28.9 Å². The molecule has 0 bridgehead atoms. The molecule has 1 heterocycles. The lowest BCUT2D eigenvalue weighted by Crippen LogP contribution is -2.74. The Morgan fingerprint density at radius 3 is 2.44 bits per heavy atom. The molecule has 41 heavy (non-hydrogen) atoms. The SMILES string of the molecule is CN(C)[C@@H]1C(=O)C(C(N)=O)C(=O)[C@@]2(O)C(=O)C3C(=O)c4c(O)ccc(-c5occc5CNC(C)(C)C)c4C[C@H]3C[C@@H]12. The smallest absolute Gasteiger partial charge is 0.235 e. The first-order chi connectivity index (χ1) is 19.1. The zero-order chi connectivity index (χ0) is 30.2. The predicted octanol–water partition coefficient (Wildman–Crippen LogP) is 1.02. The van der Waals surface area contributed by atoms with Gasteiger partial charge in [-0.2, -0.15) is 0 Å². The molecule has 2 unspecified atom stereocenters. The largest absolute Gasteiger partial charge is 0.507 e. The molecule has 6 atom stereocenters. The number of primary amides is 1. The monoisotopic (exact) mass is 565 g/mol. The van der Waals surface area contributed by atoms with Gasteiger partial charge < -0.3 is 25.7 Å². The predicted molar refractivity (Wildman–Crippen MR) is 146 cm³/mol. The molecule has 2 aromatic rings. The molecule has 218 valence electrons. The van der Waals surface area contributed by atoms with E-state index >= 15 is 0 Å². The number of benzene rings is 1. The molecule has 0 aliphatic heterocycles. The summed E-state index contributed by atoms with van der Waals surface area (Å²) >= 11 is 0. The number of aromatic hydroxyl groups is 1. The van der Waals surface area contributed by atoms with Gasteiger partial charge in [0.25, 0.3) is 0 Å². The number of rotatable bonds is 5. The molecule has 3 aliphatic rings. The summed E-state index contributed by atoms with van der Waals surface area (Å²) in [6.07, 6.45) is 1.68. The molecule has 3 aliphatic carbocycles. The number of nitrogens with two attached hydrogens (primary N) is 1. The Balaban J connectivity index is 1.61. The molecule has 2 saturated carbocycles. The van der Waals surface area contributed by atoms with Gasteiger partial charge in [-0.05, 0) is 77.4 Å². The van der Waals surface area contributed by atoms with Crippen molar-refractivity contribution in [1.82, 2.24) is 10.2 Å². The highest BCUT2D eigenvalue weighted by atomic mass is 16.3. The second-order valence-corrected chi connectivity index (χ2v) is 12.7. The van der Waals surface area contributed by atoms with E-state index in [2.05, 4.69) is 5.32 Å². The van der Waals surface area contributed by atoms with E-state index in [1.54, 1.807) is 26.4 Å². The Kier molecular flexibility index (Phi) is 6.83. The van der Waals surface area contributed by atoms with Crippen LogP contribution in [-0.4, -0.2) is 75.4 Å². The van der Waals surface area contributed by atoms with Gasteiger partial charge in [0.15, 0.2) is 34.7 Å². The average molecular weight is 566 g/mol. The summed E-state index contributed by atoms with van der Waals surface area (Å²) < 4.78 is 5.85. The third kappa shape index (κ3) is 4.34. The summed E-state index contributed by atoms with van der Waals surface area (Å²) in [5.74, 6) is -10.2. The van der Waals surface area contributed by atoms with Gasteiger partial charge in [-0.15, -0.1) is 0 Å². The van der Waals surface area contributed by atoms with Gasteiger partial charge in [0.1, 0.15) is 11.5 Å². The number of carbonyl (C=O) groups excluding carboxylic acids is 5. The fourth-order valence-electron chi connectivity index (χ4n) is 6.89. The van der Waals surface area contributed by atoms with Gasteiger partial charge in [-0.1, -0.05) is 0 Å². The van der Waals surface area contributed by atoms with Gasteiger partial charge in [0.05, 0.1) is 23.8 Å². The van der Waals surface area contributed by atoms with Crippen LogP contribution in [0.3, 0.4) is 0 Å². The second-order valence-electron chi connectivity index (χ2n) is 12.7. The van der Waals surface area contributed by atoms with E-state index in [0.29, 0.717) is 23.4 Å². The quantitative estimate of drug-likeness (QED) is 0.382. The maximum atomic E-state index is 14.0. The molecule has 1 amide bonds. The third-order valence-corrected chi connectivity index (χ3v) is 8.75. The van der Waals surface area contributed by atoms with E-state index in [1.807, 2.05) is 26.8 Å². The molecule has 0 saturated heterocycles. The molecular formula is C30H35N3O8. The highest BCUT2D eigenvalue weighted by Gasteiger charge is 2.69. The van der Waals surface area contributed by atoms with Gasteiger partial charge in [-0.3, -0.25) is 28.9 Å². The van der Waals surface area contributed by atoms with Gasteiger partial charge in [0, 0.05) is 29.1 Å². The summed E-state index contributed by atoms with van der Waals surface area (Å²) in [5, 5.41) is 25.9. The molecule has 11 nitrogen and oxygen atoms in total. The second kappa shape index (κ2) is 9.71. The van der Waals surface area contributed by atoms with Crippen LogP contribution in [0, 0.1) is 23.7 Å². The summed E-state index contributed by atoms with van der Waals surface area (Å²) in [6.45, 7) is 6.57. The standard InChI is InChI=1S/C30H35N3O8/c1-29(2,3)32-12-13-8-9-41-25(13)15-6-7-18(34)20-16(15)10-14-11-17-22(33(4)5)24(36)21(28(31)39)27(38)30(17,40)26(37)19(14)23(20)35/h6-9,14,17,19,21-22,32,34,40H,10-12H2,1-5H3,(H2,31,39)/t14-,17-,19?,21?,22-,30-/m0/s1. The minimum atomic E-state index is -2.75. The first kappa shape index (κ1) is 28.8. The van der Waals surface area contributed by atoms with Crippen molar-refractivity contribution < 1.29 is 38.6 Å². The Labute approximate surface area is 237 Å². The summed E-state index contributed by atoms with van der Waals surface area (Å²) in [5.41, 5.74) is 4.29. The summed E-state index contributed by atoms with van der Waals surface area (Å²) in [6, 6.07) is 3.69. The molecular weight excluding hydrogens is 530 g/mol. The number of fused-ring (bicyclic) bond motifs is 3. The lowest BCUT2D eigenvalue weighted by atomic mass is 9.52. The van der Waals surface area contributed by atoms with Crippen molar-refractivity contribution >= 4 is 29.0 Å². The highest BCUT2D eigenvalue weighted by molar-refractivity contribution is 6.32. The average Bonchev–Trinajstić information content (AvgIpc) is 3.33. The van der Waals surface area contributed by atoms with Crippen molar-refractivity contribution in [2.24, 2.45) is 29.4 Å². The lowest BCUT2D eigenvalue weighted by molar-refractivity contribution is -0.181. The van der Waals surface area contributed by atoms with Crippen molar-refractivity contribution in [3.63, 3.8) is 0 Å². The molecule has 1 aromatic heterocycles. The number of hydrogen-bond acceptors (Lipinski definition) is 10. The number of aliphatic hydroxyl groups is 1. The summed E-state index contributed by atoms with van der Waals surface area (Å²) in [7, 11) is 3.10. The number of likely N-dealkylation sites (N-methyl/N-ethyl adjacent to an activating group) is 1. The maximum absolute atomic E-state index is 14.0. The van der Waals surface area contributed by atoms with Crippen molar-refractivity contribution in [2.45, 2.75) is 57.3 Å². The number of nitrogens with one attached hydrogen (secondary N) is 1. The van der Waals surface area contributed by atoms with Gasteiger partial charge in [-0.25, -0.2) is 0 Å². The van der Waals surface area contributed by atoms with Crippen LogP contribution in [0.1, 0.15) is 48.7 Å². The van der Waals surface area contributed by atoms with E-state index in [0.717, 1.165) is 5.56 Å². The topological polar surface area (TPSA) is 180 Å². The number of carbonyl (C=O) groups is 5. The Bertz CT molecular complexity index is 1480. The Hall–Kier alpha value is -3.67. The van der Waals surface area contributed by atoms with Crippen molar-refractivity contribution in [3.05, 3.63) is 41.2 Å². The number of ketones is 4. The van der Waals surface area contributed by atoms with Crippen LogP contribution in [0.5, 0.6) is 5.75 Å². The molecule has 2 fully saturated rings. The van der Waals surface area contributed by atoms with Gasteiger partial charge >= 0.3 is 0 Å². The van der Waals surface area contributed by atoms with Crippen LogP contribution in [0.2, 0.25) is 0 Å². The van der Waals surface area contributed by atoms with Gasteiger partial charge in [0.2, 0.25) is 5.91 Å².